The fourth-order valence-corrected chi connectivity index (χ4v) is 4.49. The zero-order valence-corrected chi connectivity index (χ0v) is 18.3. The van der Waals surface area contributed by atoms with Crippen molar-refractivity contribution in [2.75, 3.05) is 7.11 Å². The third kappa shape index (κ3) is 4.63. The second kappa shape index (κ2) is 9.51. The summed E-state index contributed by atoms with van der Waals surface area (Å²) in [7, 11) is 1.65. The molecule has 0 amide bonds. The Labute approximate surface area is 187 Å². The molecule has 0 saturated heterocycles. The molecule has 4 heteroatoms. The summed E-state index contributed by atoms with van der Waals surface area (Å²) in [5.41, 5.74) is 6.82. The van der Waals surface area contributed by atoms with E-state index in [0.29, 0.717) is 5.56 Å². The van der Waals surface area contributed by atoms with Crippen LogP contribution in [0.3, 0.4) is 0 Å². The number of pyridine rings is 1. The number of hydrogen-bond donors (Lipinski definition) is 0. The Kier molecular flexibility index (Phi) is 6.35. The number of rotatable bonds is 6. The molecule has 0 spiro atoms. The van der Waals surface area contributed by atoms with Crippen LogP contribution >= 0.6 is 11.8 Å². The minimum absolute atomic E-state index is 0.600. The molecule has 0 aliphatic rings. The molecule has 1 heterocycles. The molecule has 31 heavy (non-hydrogen) atoms. The van der Waals surface area contributed by atoms with Crippen LogP contribution in [0.2, 0.25) is 0 Å². The number of nitrogens with zero attached hydrogens (tertiary/aromatic N) is 2. The summed E-state index contributed by atoms with van der Waals surface area (Å²) in [4.78, 5) is 4.89. The molecule has 4 aromatic rings. The van der Waals surface area contributed by atoms with Crippen LogP contribution in [0.4, 0.5) is 0 Å². The molecule has 0 saturated carbocycles. The van der Waals surface area contributed by atoms with Crippen molar-refractivity contribution in [2.24, 2.45) is 0 Å². The topological polar surface area (TPSA) is 45.9 Å². The number of hydrogen-bond acceptors (Lipinski definition) is 4. The molecule has 0 radical (unpaired) electrons. The maximum absolute atomic E-state index is 10.0. The van der Waals surface area contributed by atoms with Crippen molar-refractivity contribution < 1.29 is 4.74 Å². The summed E-state index contributed by atoms with van der Waals surface area (Å²) in [5.74, 6) is 1.54. The minimum atomic E-state index is 0.600. The van der Waals surface area contributed by atoms with Crippen molar-refractivity contribution in [1.29, 1.82) is 5.26 Å². The number of thioether (sulfide) groups is 1. The second-order valence-corrected chi connectivity index (χ2v) is 8.12. The normalized spacial score (nSPS) is 10.5. The first-order valence-corrected chi connectivity index (χ1v) is 11.0. The maximum Gasteiger partial charge on any atom is 0.118 e. The molecule has 3 nitrogen and oxygen atoms in total. The average molecular weight is 423 g/mol. The number of nitriles is 1. The van der Waals surface area contributed by atoms with E-state index in [-0.39, 0.29) is 0 Å². The molecule has 0 N–H and O–H groups in total. The average Bonchev–Trinajstić information content (AvgIpc) is 2.83. The SMILES string of the molecule is COc1ccc(-c2cc(-c3ccccc3)nc(SCc3ccccc3C)c2C#N)cc1. The van der Waals surface area contributed by atoms with Crippen molar-refractivity contribution in [3.05, 3.63) is 102 Å². The summed E-state index contributed by atoms with van der Waals surface area (Å²) in [5, 5.41) is 10.8. The number of aryl methyl sites for hydroxylation is 1. The number of benzene rings is 3. The number of aromatic nitrogens is 1. The van der Waals surface area contributed by atoms with Crippen LogP contribution in [0.15, 0.2) is 90.0 Å². The molecular formula is C27H22N2OS. The van der Waals surface area contributed by atoms with Gasteiger partial charge in [-0.1, -0.05) is 66.7 Å². The van der Waals surface area contributed by atoms with Crippen LogP contribution in [-0.2, 0) is 5.75 Å². The first-order chi connectivity index (χ1) is 15.2. The third-order valence-electron chi connectivity index (χ3n) is 5.19. The van der Waals surface area contributed by atoms with Gasteiger partial charge < -0.3 is 4.74 Å². The van der Waals surface area contributed by atoms with Crippen LogP contribution in [0.5, 0.6) is 5.75 Å². The van der Waals surface area contributed by atoms with Gasteiger partial charge in [0.2, 0.25) is 0 Å². The van der Waals surface area contributed by atoms with Gasteiger partial charge in [-0.15, -0.1) is 11.8 Å². The second-order valence-electron chi connectivity index (χ2n) is 7.16. The summed E-state index contributed by atoms with van der Waals surface area (Å²) in [6.07, 6.45) is 0. The molecule has 1 aromatic heterocycles. The number of methoxy groups -OCH3 is 1. The Balaban J connectivity index is 1.82. The molecule has 4 rings (SSSR count). The largest absolute Gasteiger partial charge is 0.497 e. The highest BCUT2D eigenvalue weighted by atomic mass is 32.2. The first-order valence-electron chi connectivity index (χ1n) is 10.0. The Hall–Kier alpha value is -3.55. The van der Waals surface area contributed by atoms with Gasteiger partial charge in [-0.05, 0) is 41.8 Å². The van der Waals surface area contributed by atoms with Gasteiger partial charge in [-0.3, -0.25) is 0 Å². The van der Waals surface area contributed by atoms with Crippen molar-refractivity contribution in [2.45, 2.75) is 17.7 Å². The standard InChI is InChI=1S/C27H22N2OS/c1-19-8-6-7-11-22(19)18-31-27-25(17-28)24(20-12-14-23(30-2)15-13-20)16-26(29-27)21-9-4-3-5-10-21/h3-16H,18H2,1-2H3. The van der Waals surface area contributed by atoms with Gasteiger partial charge in [0.15, 0.2) is 0 Å². The summed E-state index contributed by atoms with van der Waals surface area (Å²) in [6, 6.07) is 30.6. The summed E-state index contributed by atoms with van der Waals surface area (Å²) in [6.45, 7) is 2.11. The Bertz CT molecular complexity index is 1230. The lowest BCUT2D eigenvalue weighted by Crippen LogP contribution is -1.97. The van der Waals surface area contributed by atoms with E-state index < -0.39 is 0 Å². The molecule has 0 unspecified atom stereocenters. The van der Waals surface area contributed by atoms with E-state index in [1.54, 1.807) is 18.9 Å². The molecule has 0 bridgehead atoms. The van der Waals surface area contributed by atoms with Gasteiger partial charge in [0, 0.05) is 16.9 Å². The van der Waals surface area contributed by atoms with Crippen molar-refractivity contribution in [3.8, 4) is 34.2 Å². The van der Waals surface area contributed by atoms with E-state index >= 15 is 0 Å². The summed E-state index contributed by atoms with van der Waals surface area (Å²) < 4.78 is 5.30. The molecule has 0 aliphatic carbocycles. The minimum Gasteiger partial charge on any atom is -0.497 e. The van der Waals surface area contributed by atoms with Crippen LogP contribution in [0.25, 0.3) is 22.4 Å². The van der Waals surface area contributed by atoms with E-state index in [0.717, 1.165) is 38.9 Å². The highest BCUT2D eigenvalue weighted by molar-refractivity contribution is 7.98. The van der Waals surface area contributed by atoms with Gasteiger partial charge in [0.25, 0.3) is 0 Å². The Morgan fingerprint density at radius 1 is 0.903 bits per heavy atom. The van der Waals surface area contributed by atoms with Gasteiger partial charge in [-0.2, -0.15) is 5.26 Å². The Morgan fingerprint density at radius 2 is 1.61 bits per heavy atom. The first kappa shape index (κ1) is 20.7. The fourth-order valence-electron chi connectivity index (χ4n) is 3.41. The van der Waals surface area contributed by atoms with Gasteiger partial charge in [-0.25, -0.2) is 4.98 Å². The van der Waals surface area contributed by atoms with Gasteiger partial charge >= 0.3 is 0 Å². The predicted octanol–water partition coefficient (Wildman–Crippen LogP) is 6.90. The van der Waals surface area contributed by atoms with E-state index in [1.165, 1.54) is 11.1 Å². The zero-order valence-electron chi connectivity index (χ0n) is 17.5. The van der Waals surface area contributed by atoms with Gasteiger partial charge in [0.05, 0.1) is 18.4 Å². The highest BCUT2D eigenvalue weighted by Gasteiger charge is 2.16. The maximum atomic E-state index is 10.0. The molecule has 0 fully saturated rings. The zero-order chi connectivity index (χ0) is 21.6. The lowest BCUT2D eigenvalue weighted by Gasteiger charge is -2.13. The molecule has 0 atom stereocenters. The van der Waals surface area contributed by atoms with E-state index in [9.17, 15) is 5.26 Å². The molecule has 152 valence electrons. The molecule has 0 aliphatic heterocycles. The lowest BCUT2D eigenvalue weighted by atomic mass is 9.99. The fraction of sp³-hybridized carbons (Fsp3) is 0.111. The molecular weight excluding hydrogens is 400 g/mol. The van der Waals surface area contributed by atoms with Crippen molar-refractivity contribution >= 4 is 11.8 Å². The highest BCUT2D eigenvalue weighted by Crippen LogP contribution is 2.36. The van der Waals surface area contributed by atoms with E-state index in [2.05, 4.69) is 25.1 Å². The number of ether oxygens (including phenoxy) is 1. The van der Waals surface area contributed by atoms with E-state index in [4.69, 9.17) is 9.72 Å². The smallest absolute Gasteiger partial charge is 0.118 e. The van der Waals surface area contributed by atoms with Crippen molar-refractivity contribution in [1.82, 2.24) is 4.98 Å². The Morgan fingerprint density at radius 3 is 2.29 bits per heavy atom. The van der Waals surface area contributed by atoms with Crippen molar-refractivity contribution in [3.63, 3.8) is 0 Å². The monoisotopic (exact) mass is 422 g/mol. The quantitative estimate of drug-likeness (QED) is 0.317. The van der Waals surface area contributed by atoms with Crippen LogP contribution in [0, 0.1) is 18.3 Å². The third-order valence-corrected chi connectivity index (χ3v) is 6.22. The molecule has 3 aromatic carbocycles. The van der Waals surface area contributed by atoms with E-state index in [1.807, 2.05) is 72.8 Å². The van der Waals surface area contributed by atoms with Crippen LogP contribution in [0.1, 0.15) is 16.7 Å². The van der Waals surface area contributed by atoms with Crippen LogP contribution in [-0.4, -0.2) is 12.1 Å². The van der Waals surface area contributed by atoms with Gasteiger partial charge in [0.1, 0.15) is 16.8 Å². The predicted molar refractivity (Wildman–Crippen MR) is 127 cm³/mol. The summed E-state index contributed by atoms with van der Waals surface area (Å²) >= 11 is 1.61. The lowest BCUT2D eigenvalue weighted by molar-refractivity contribution is 0.415. The van der Waals surface area contributed by atoms with Crippen LogP contribution < -0.4 is 4.74 Å².